The minimum absolute atomic E-state index is 0.0353. The summed E-state index contributed by atoms with van der Waals surface area (Å²) >= 11 is 0. The fourth-order valence-electron chi connectivity index (χ4n) is 4.95. The molecule has 10 heteroatoms. The van der Waals surface area contributed by atoms with Crippen molar-refractivity contribution < 1.29 is 17.7 Å². The molecule has 0 spiro atoms. The number of nitrogens with one attached hydrogen (secondary N) is 1. The van der Waals surface area contributed by atoms with Gasteiger partial charge in [0, 0.05) is 30.3 Å². The van der Waals surface area contributed by atoms with Gasteiger partial charge in [0.15, 0.2) is 0 Å². The topological polar surface area (TPSA) is 109 Å². The van der Waals surface area contributed by atoms with E-state index in [1.807, 2.05) is 30.3 Å². The minimum Gasteiger partial charge on any atom is -0.338 e. The third-order valence-electron chi connectivity index (χ3n) is 7.14. The second-order valence-electron chi connectivity index (χ2n) is 9.76. The summed E-state index contributed by atoms with van der Waals surface area (Å²) in [7, 11) is -3.50. The number of sulfonamides is 1. The first-order chi connectivity index (χ1) is 18.0. The lowest BCUT2D eigenvalue weighted by atomic mass is 9.96. The number of anilines is 1. The molecule has 1 amide bonds. The number of amides is 1. The summed E-state index contributed by atoms with van der Waals surface area (Å²) in [5, 5.41) is 7.04. The smallest absolute Gasteiger partial charge is 0.243 e. The summed E-state index contributed by atoms with van der Waals surface area (Å²) in [5.74, 6) is 1.01. The van der Waals surface area contributed by atoms with Crippen LogP contribution < -0.4 is 5.32 Å². The van der Waals surface area contributed by atoms with Crippen LogP contribution in [0.3, 0.4) is 0 Å². The summed E-state index contributed by atoms with van der Waals surface area (Å²) < 4.78 is 33.0. The third-order valence-corrected chi connectivity index (χ3v) is 9.05. The molecule has 1 N–H and O–H groups in total. The van der Waals surface area contributed by atoms with Gasteiger partial charge >= 0.3 is 0 Å². The van der Waals surface area contributed by atoms with Crippen LogP contribution in [-0.2, 0) is 21.4 Å². The second kappa shape index (κ2) is 11.5. The van der Waals surface area contributed by atoms with E-state index in [0.717, 1.165) is 57.2 Å². The lowest BCUT2D eigenvalue weighted by Gasteiger charge is -2.30. The Morgan fingerprint density at radius 3 is 2.27 bits per heavy atom. The van der Waals surface area contributed by atoms with Crippen LogP contribution in [0, 0.1) is 5.92 Å². The van der Waals surface area contributed by atoms with Gasteiger partial charge in [0.1, 0.15) is 0 Å². The van der Waals surface area contributed by atoms with E-state index in [1.165, 1.54) is 0 Å². The molecule has 0 radical (unpaired) electrons. The number of rotatable bonds is 7. The average molecular weight is 524 g/mol. The van der Waals surface area contributed by atoms with Crippen molar-refractivity contribution in [3.8, 4) is 11.4 Å². The van der Waals surface area contributed by atoms with Gasteiger partial charge in [0.25, 0.3) is 0 Å². The molecule has 2 fully saturated rings. The Bertz CT molecular complexity index is 1280. The molecule has 196 valence electrons. The van der Waals surface area contributed by atoms with Crippen LogP contribution in [0.15, 0.2) is 64.0 Å². The molecule has 2 aliphatic heterocycles. The van der Waals surface area contributed by atoms with Gasteiger partial charge in [-0.2, -0.15) is 9.29 Å². The first-order valence-corrected chi connectivity index (χ1v) is 14.4. The molecular formula is C27H33N5O4S. The van der Waals surface area contributed by atoms with Gasteiger partial charge in [0.2, 0.25) is 27.6 Å². The van der Waals surface area contributed by atoms with Crippen LogP contribution in [0.1, 0.15) is 44.4 Å². The minimum atomic E-state index is -3.50. The summed E-state index contributed by atoms with van der Waals surface area (Å²) in [5.41, 5.74) is 1.53. The van der Waals surface area contributed by atoms with Gasteiger partial charge in [0.05, 0.1) is 11.4 Å². The maximum atomic E-state index is 13.0. The van der Waals surface area contributed by atoms with Crippen molar-refractivity contribution in [2.75, 3.05) is 31.5 Å². The first-order valence-electron chi connectivity index (χ1n) is 13.0. The maximum absolute atomic E-state index is 13.0. The number of hydrogen-bond donors (Lipinski definition) is 1. The number of hydrogen-bond acceptors (Lipinski definition) is 7. The van der Waals surface area contributed by atoms with E-state index < -0.39 is 10.0 Å². The fraction of sp³-hybridized carbons (Fsp3) is 0.444. The van der Waals surface area contributed by atoms with Crippen molar-refractivity contribution in [1.82, 2.24) is 19.3 Å². The Kier molecular flexibility index (Phi) is 7.97. The van der Waals surface area contributed by atoms with Gasteiger partial charge in [-0.25, -0.2) is 8.42 Å². The molecule has 0 atom stereocenters. The van der Waals surface area contributed by atoms with Crippen molar-refractivity contribution in [2.45, 2.75) is 50.0 Å². The summed E-state index contributed by atoms with van der Waals surface area (Å²) in [6.45, 7) is 3.21. The number of carbonyl (C=O) groups excluding carboxylic acids is 1. The second-order valence-corrected chi connectivity index (χ2v) is 11.7. The largest absolute Gasteiger partial charge is 0.338 e. The normalized spacial score (nSPS) is 18.4. The van der Waals surface area contributed by atoms with Gasteiger partial charge in [-0.3, -0.25) is 9.69 Å². The van der Waals surface area contributed by atoms with Crippen LogP contribution in [0.25, 0.3) is 11.4 Å². The zero-order chi connectivity index (χ0) is 25.7. The van der Waals surface area contributed by atoms with Crippen molar-refractivity contribution >= 4 is 21.6 Å². The highest BCUT2D eigenvalue weighted by atomic mass is 32.2. The van der Waals surface area contributed by atoms with Crippen molar-refractivity contribution in [2.24, 2.45) is 5.92 Å². The molecular weight excluding hydrogens is 490 g/mol. The Hall–Kier alpha value is -3.08. The molecule has 9 nitrogen and oxygen atoms in total. The van der Waals surface area contributed by atoms with Gasteiger partial charge in [-0.15, -0.1) is 0 Å². The number of benzene rings is 2. The van der Waals surface area contributed by atoms with E-state index in [4.69, 9.17) is 4.52 Å². The van der Waals surface area contributed by atoms with E-state index >= 15 is 0 Å². The number of likely N-dealkylation sites (tertiary alicyclic amines) is 1. The van der Waals surface area contributed by atoms with E-state index in [0.29, 0.717) is 37.0 Å². The SMILES string of the molecule is O=C(Nc1ccc(S(=O)(=O)N2CCCCCC2)cc1)C1CCN(Cc2nc(-c3ccccc3)no2)CC1. The predicted molar refractivity (Wildman–Crippen MR) is 140 cm³/mol. The molecule has 3 aromatic rings. The molecule has 2 aliphatic rings. The molecule has 5 rings (SSSR count). The van der Waals surface area contributed by atoms with Crippen LogP contribution in [0.5, 0.6) is 0 Å². The quantitative estimate of drug-likeness (QED) is 0.495. The molecule has 37 heavy (non-hydrogen) atoms. The fourth-order valence-corrected chi connectivity index (χ4v) is 6.47. The lowest BCUT2D eigenvalue weighted by Crippen LogP contribution is -2.37. The van der Waals surface area contributed by atoms with Crippen LogP contribution in [0.4, 0.5) is 5.69 Å². The summed E-state index contributed by atoms with van der Waals surface area (Å²) in [4.78, 5) is 19.9. The summed E-state index contributed by atoms with van der Waals surface area (Å²) in [6, 6.07) is 16.3. The number of aromatic nitrogens is 2. The molecule has 1 aromatic heterocycles. The molecule has 0 unspecified atom stereocenters. The zero-order valence-electron chi connectivity index (χ0n) is 20.9. The number of nitrogens with zero attached hydrogens (tertiary/aromatic N) is 4. The van der Waals surface area contributed by atoms with E-state index in [-0.39, 0.29) is 16.7 Å². The average Bonchev–Trinajstić information content (AvgIpc) is 3.20. The van der Waals surface area contributed by atoms with Gasteiger partial charge in [-0.05, 0) is 63.0 Å². The third kappa shape index (κ3) is 6.26. The molecule has 3 heterocycles. The van der Waals surface area contributed by atoms with Crippen molar-refractivity contribution in [3.05, 3.63) is 60.5 Å². The Morgan fingerprint density at radius 1 is 0.919 bits per heavy atom. The Morgan fingerprint density at radius 2 is 1.59 bits per heavy atom. The van der Waals surface area contributed by atoms with E-state index in [1.54, 1.807) is 28.6 Å². The van der Waals surface area contributed by atoms with Crippen molar-refractivity contribution in [3.63, 3.8) is 0 Å². The molecule has 0 aliphatic carbocycles. The van der Waals surface area contributed by atoms with Gasteiger partial charge in [-0.1, -0.05) is 48.3 Å². The van der Waals surface area contributed by atoms with Crippen LogP contribution >= 0.6 is 0 Å². The summed E-state index contributed by atoms with van der Waals surface area (Å²) in [6.07, 6.45) is 5.40. The van der Waals surface area contributed by atoms with E-state index in [9.17, 15) is 13.2 Å². The van der Waals surface area contributed by atoms with Crippen LogP contribution in [0.2, 0.25) is 0 Å². The van der Waals surface area contributed by atoms with E-state index in [2.05, 4.69) is 20.4 Å². The standard InChI is InChI=1S/C27H33N5O4S/c33-27(28-23-10-12-24(13-11-23)37(34,35)32-16-6-1-2-7-17-32)22-14-18-31(19-15-22)20-25-29-26(30-36-25)21-8-4-3-5-9-21/h3-5,8-13,22H,1-2,6-7,14-20H2,(H,28,33). The van der Waals surface area contributed by atoms with Crippen molar-refractivity contribution in [1.29, 1.82) is 0 Å². The Balaban J connectivity index is 1.11. The highest BCUT2D eigenvalue weighted by Crippen LogP contribution is 2.24. The number of carbonyl (C=O) groups is 1. The van der Waals surface area contributed by atoms with Crippen LogP contribution in [-0.4, -0.2) is 59.8 Å². The predicted octanol–water partition coefficient (Wildman–Crippen LogP) is 4.15. The molecule has 2 aromatic carbocycles. The molecule has 0 saturated carbocycles. The monoisotopic (exact) mass is 523 g/mol. The first kappa shape index (κ1) is 25.6. The highest BCUT2D eigenvalue weighted by Gasteiger charge is 2.27. The zero-order valence-corrected chi connectivity index (χ0v) is 21.7. The highest BCUT2D eigenvalue weighted by molar-refractivity contribution is 7.89. The maximum Gasteiger partial charge on any atom is 0.243 e. The molecule has 0 bridgehead atoms. The van der Waals surface area contributed by atoms with Gasteiger partial charge < -0.3 is 9.84 Å². The molecule has 2 saturated heterocycles. The lowest BCUT2D eigenvalue weighted by molar-refractivity contribution is -0.121. The number of piperidine rings is 1. The Labute approximate surface area is 217 Å².